The van der Waals surface area contributed by atoms with Gasteiger partial charge in [-0.05, 0) is 43.8 Å². The molecule has 1 fully saturated rings. The maximum atomic E-state index is 13.4. The molecule has 2 aliphatic heterocycles. The number of amides is 2. The number of hydrogen-bond donors (Lipinski definition) is 0. The molecule has 144 valence electrons. The lowest BCUT2D eigenvalue weighted by Gasteiger charge is -2.34. The summed E-state index contributed by atoms with van der Waals surface area (Å²) in [4.78, 5) is 32.3. The highest BCUT2D eigenvalue weighted by molar-refractivity contribution is 6.45. The van der Waals surface area contributed by atoms with E-state index in [1.54, 1.807) is 24.3 Å². The third-order valence-corrected chi connectivity index (χ3v) is 5.56. The Hall–Kier alpha value is -2.63. The van der Waals surface area contributed by atoms with Crippen molar-refractivity contribution in [1.82, 2.24) is 9.80 Å². The van der Waals surface area contributed by atoms with Gasteiger partial charge >= 0.3 is 0 Å². The van der Waals surface area contributed by atoms with Gasteiger partial charge in [-0.3, -0.25) is 9.59 Å². The number of nitrogens with zero attached hydrogens (tertiary/aromatic N) is 3. The number of carbonyl (C=O) groups is 2. The zero-order valence-corrected chi connectivity index (χ0v) is 16.7. The van der Waals surface area contributed by atoms with Gasteiger partial charge in [0.05, 0.1) is 11.3 Å². The van der Waals surface area contributed by atoms with Crippen molar-refractivity contribution in [2.75, 3.05) is 38.1 Å². The molecule has 2 aliphatic rings. The Kier molecular flexibility index (Phi) is 4.96. The smallest absolute Gasteiger partial charge is 0.282 e. The second-order valence-electron chi connectivity index (χ2n) is 7.30. The number of carbonyl (C=O) groups excluding carboxylic acids is 2. The lowest BCUT2D eigenvalue weighted by Crippen LogP contribution is -2.46. The standard InChI is InChI=1S/C22H22ClN3O2/c1-15-3-5-16(6-4-15)19-20(25-13-11-24(2)12-14-25)22(28)26(21(19)27)18-9-7-17(23)8-10-18/h3-10H,11-14H2,1-2H3. The molecule has 6 heteroatoms. The van der Waals surface area contributed by atoms with E-state index in [1.165, 1.54) is 4.90 Å². The summed E-state index contributed by atoms with van der Waals surface area (Å²) in [6, 6.07) is 14.6. The SMILES string of the molecule is Cc1ccc(C2=C(N3CCN(C)CC3)C(=O)N(c3ccc(Cl)cc3)C2=O)cc1. The van der Waals surface area contributed by atoms with Gasteiger partial charge < -0.3 is 9.80 Å². The summed E-state index contributed by atoms with van der Waals surface area (Å²) in [5, 5.41) is 0.564. The van der Waals surface area contributed by atoms with Gasteiger partial charge in [-0.25, -0.2) is 4.90 Å². The number of likely N-dealkylation sites (N-methyl/N-ethyl adjacent to an activating group) is 1. The van der Waals surface area contributed by atoms with E-state index in [1.807, 2.05) is 36.1 Å². The number of anilines is 1. The molecular formula is C22H22ClN3O2. The zero-order valence-electron chi connectivity index (χ0n) is 16.0. The Labute approximate surface area is 169 Å². The minimum absolute atomic E-state index is 0.271. The van der Waals surface area contributed by atoms with Crippen molar-refractivity contribution in [2.45, 2.75) is 6.92 Å². The van der Waals surface area contributed by atoms with E-state index in [2.05, 4.69) is 11.9 Å². The van der Waals surface area contributed by atoms with Crippen LogP contribution >= 0.6 is 11.6 Å². The van der Waals surface area contributed by atoms with Crippen LogP contribution in [0.1, 0.15) is 11.1 Å². The zero-order chi connectivity index (χ0) is 19.8. The molecule has 28 heavy (non-hydrogen) atoms. The second-order valence-corrected chi connectivity index (χ2v) is 7.74. The Balaban J connectivity index is 1.79. The van der Waals surface area contributed by atoms with Crippen molar-refractivity contribution in [1.29, 1.82) is 0 Å². The van der Waals surface area contributed by atoms with Crippen molar-refractivity contribution >= 4 is 34.7 Å². The predicted molar refractivity (Wildman–Crippen MR) is 111 cm³/mol. The molecule has 0 aliphatic carbocycles. The van der Waals surface area contributed by atoms with Crippen molar-refractivity contribution in [2.24, 2.45) is 0 Å². The van der Waals surface area contributed by atoms with E-state index < -0.39 is 0 Å². The normalized spacial score (nSPS) is 18.4. The van der Waals surface area contributed by atoms with E-state index in [9.17, 15) is 9.59 Å². The average molecular weight is 396 g/mol. The predicted octanol–water partition coefficient (Wildman–Crippen LogP) is 3.18. The van der Waals surface area contributed by atoms with Crippen LogP contribution in [0.4, 0.5) is 5.69 Å². The first kappa shape index (κ1) is 18.7. The van der Waals surface area contributed by atoms with Crippen molar-refractivity contribution in [3.8, 4) is 0 Å². The quantitative estimate of drug-likeness (QED) is 0.749. The summed E-state index contributed by atoms with van der Waals surface area (Å²) in [6.07, 6.45) is 0. The summed E-state index contributed by atoms with van der Waals surface area (Å²) in [7, 11) is 2.06. The number of piperazine rings is 1. The lowest BCUT2D eigenvalue weighted by atomic mass is 10.0. The van der Waals surface area contributed by atoms with Crippen molar-refractivity contribution < 1.29 is 9.59 Å². The van der Waals surface area contributed by atoms with E-state index >= 15 is 0 Å². The highest BCUT2D eigenvalue weighted by Crippen LogP contribution is 2.35. The number of aryl methyl sites for hydroxylation is 1. The van der Waals surface area contributed by atoms with Gasteiger partial charge in [0.2, 0.25) is 0 Å². The summed E-state index contributed by atoms with van der Waals surface area (Å²) < 4.78 is 0. The van der Waals surface area contributed by atoms with Crippen LogP contribution in [0, 0.1) is 6.92 Å². The van der Waals surface area contributed by atoms with Crippen LogP contribution in [-0.2, 0) is 9.59 Å². The highest BCUT2D eigenvalue weighted by atomic mass is 35.5. The summed E-state index contributed by atoms with van der Waals surface area (Å²) in [6.45, 7) is 5.14. The van der Waals surface area contributed by atoms with Gasteiger partial charge in [0, 0.05) is 31.2 Å². The Morgan fingerprint density at radius 3 is 2.04 bits per heavy atom. The minimum atomic E-state index is -0.287. The first-order valence-corrected chi connectivity index (χ1v) is 9.72. The van der Waals surface area contributed by atoms with Gasteiger partial charge in [-0.15, -0.1) is 0 Å². The molecule has 0 radical (unpaired) electrons. The molecule has 2 aromatic carbocycles. The van der Waals surface area contributed by atoms with E-state index in [-0.39, 0.29) is 11.8 Å². The molecule has 5 nitrogen and oxygen atoms in total. The van der Waals surface area contributed by atoms with Crippen molar-refractivity contribution in [3.63, 3.8) is 0 Å². The Bertz CT molecular complexity index is 943. The molecule has 0 atom stereocenters. The molecule has 0 aromatic heterocycles. The lowest BCUT2D eigenvalue weighted by molar-refractivity contribution is -0.120. The first-order valence-electron chi connectivity index (χ1n) is 9.35. The molecular weight excluding hydrogens is 374 g/mol. The van der Waals surface area contributed by atoms with Crippen LogP contribution in [0.5, 0.6) is 0 Å². The highest BCUT2D eigenvalue weighted by Gasteiger charge is 2.42. The number of benzene rings is 2. The number of rotatable bonds is 3. The molecule has 2 aromatic rings. The van der Waals surface area contributed by atoms with Crippen molar-refractivity contribution in [3.05, 3.63) is 70.4 Å². The molecule has 0 N–H and O–H groups in total. The third-order valence-electron chi connectivity index (χ3n) is 5.30. The summed E-state index contributed by atoms with van der Waals surface area (Å²) >= 11 is 5.98. The monoisotopic (exact) mass is 395 g/mol. The van der Waals surface area contributed by atoms with Gasteiger partial charge in [-0.2, -0.15) is 0 Å². The molecule has 0 bridgehead atoms. The van der Waals surface area contributed by atoms with Crippen LogP contribution in [0.2, 0.25) is 5.02 Å². The average Bonchev–Trinajstić information content (AvgIpc) is 2.94. The second kappa shape index (κ2) is 7.41. The molecule has 0 saturated carbocycles. The van der Waals surface area contributed by atoms with E-state index in [0.29, 0.717) is 35.1 Å². The van der Waals surface area contributed by atoms with E-state index in [0.717, 1.165) is 24.2 Å². The van der Waals surface area contributed by atoms with Gasteiger partial charge in [-0.1, -0.05) is 41.4 Å². The van der Waals surface area contributed by atoms with Gasteiger partial charge in [0.1, 0.15) is 5.70 Å². The Morgan fingerprint density at radius 2 is 1.43 bits per heavy atom. The maximum Gasteiger partial charge on any atom is 0.282 e. The van der Waals surface area contributed by atoms with Crippen LogP contribution in [0.15, 0.2) is 54.2 Å². The van der Waals surface area contributed by atoms with Crippen LogP contribution in [0.25, 0.3) is 5.57 Å². The Morgan fingerprint density at radius 1 is 0.821 bits per heavy atom. The first-order chi connectivity index (χ1) is 13.5. The summed E-state index contributed by atoms with van der Waals surface area (Å²) in [5.41, 5.74) is 3.39. The molecule has 2 heterocycles. The van der Waals surface area contributed by atoms with Crippen LogP contribution in [-0.4, -0.2) is 54.8 Å². The summed E-state index contributed by atoms with van der Waals surface area (Å²) in [5.74, 6) is -0.558. The molecule has 2 amide bonds. The number of halogens is 1. The van der Waals surface area contributed by atoms with Crippen LogP contribution in [0.3, 0.4) is 0 Å². The van der Waals surface area contributed by atoms with Gasteiger partial charge in [0.15, 0.2) is 0 Å². The minimum Gasteiger partial charge on any atom is -0.364 e. The maximum absolute atomic E-state index is 13.4. The molecule has 4 rings (SSSR count). The fourth-order valence-corrected chi connectivity index (χ4v) is 3.77. The fraction of sp³-hybridized carbons (Fsp3) is 0.273. The largest absolute Gasteiger partial charge is 0.364 e. The number of hydrogen-bond acceptors (Lipinski definition) is 4. The third kappa shape index (κ3) is 3.32. The molecule has 1 saturated heterocycles. The molecule has 0 spiro atoms. The molecule has 0 unspecified atom stereocenters. The van der Waals surface area contributed by atoms with E-state index in [4.69, 9.17) is 11.6 Å². The van der Waals surface area contributed by atoms with Gasteiger partial charge in [0.25, 0.3) is 11.8 Å². The van der Waals surface area contributed by atoms with Crippen LogP contribution < -0.4 is 4.90 Å². The number of imide groups is 1. The topological polar surface area (TPSA) is 43.9 Å². The fourth-order valence-electron chi connectivity index (χ4n) is 3.65.